The molecule has 1 amide bonds. The summed E-state index contributed by atoms with van der Waals surface area (Å²) in [6.07, 6.45) is 0. The second kappa shape index (κ2) is 4.53. The molecule has 0 radical (unpaired) electrons. The van der Waals surface area contributed by atoms with Gasteiger partial charge in [0.15, 0.2) is 0 Å². The van der Waals surface area contributed by atoms with Crippen LogP contribution in [0.4, 0.5) is 0 Å². The Hall–Kier alpha value is -1.22. The molecule has 0 fully saturated rings. The van der Waals surface area contributed by atoms with Crippen LogP contribution in [0.15, 0.2) is 18.2 Å². The van der Waals surface area contributed by atoms with Gasteiger partial charge in [0.1, 0.15) is 5.75 Å². The van der Waals surface area contributed by atoms with E-state index in [0.717, 1.165) is 0 Å². The first-order valence-electron chi connectivity index (χ1n) is 4.69. The third-order valence-electron chi connectivity index (χ3n) is 2.28. The van der Waals surface area contributed by atoms with Crippen molar-refractivity contribution in [3.63, 3.8) is 0 Å². The third-order valence-corrected chi connectivity index (χ3v) is 2.52. The van der Waals surface area contributed by atoms with E-state index in [4.69, 9.17) is 11.6 Å². The summed E-state index contributed by atoms with van der Waals surface area (Å²) in [4.78, 5) is 13.4. The zero-order chi connectivity index (χ0) is 11.6. The Morgan fingerprint density at radius 2 is 2.07 bits per heavy atom. The van der Waals surface area contributed by atoms with Crippen molar-refractivity contribution in [2.45, 2.75) is 19.9 Å². The van der Waals surface area contributed by atoms with Gasteiger partial charge in [-0.1, -0.05) is 11.6 Å². The smallest absolute Gasteiger partial charge is 0.257 e. The second-order valence-electron chi connectivity index (χ2n) is 3.67. The molecule has 0 unspecified atom stereocenters. The van der Waals surface area contributed by atoms with E-state index in [1.807, 2.05) is 13.8 Å². The number of phenols is 1. The van der Waals surface area contributed by atoms with Crippen molar-refractivity contribution in [3.8, 4) is 5.75 Å². The van der Waals surface area contributed by atoms with Gasteiger partial charge in [0, 0.05) is 18.1 Å². The quantitative estimate of drug-likeness (QED) is 0.844. The molecule has 1 N–H and O–H groups in total. The molecule has 15 heavy (non-hydrogen) atoms. The van der Waals surface area contributed by atoms with E-state index in [1.165, 1.54) is 12.1 Å². The molecule has 0 aliphatic rings. The number of carbonyl (C=O) groups is 1. The van der Waals surface area contributed by atoms with Gasteiger partial charge in [-0.2, -0.15) is 0 Å². The lowest BCUT2D eigenvalue weighted by molar-refractivity contribution is 0.0752. The summed E-state index contributed by atoms with van der Waals surface area (Å²) in [6, 6.07) is 4.51. The highest BCUT2D eigenvalue weighted by Gasteiger charge is 2.17. The average Bonchev–Trinajstić information content (AvgIpc) is 2.19. The molecule has 1 aromatic rings. The molecule has 0 spiro atoms. The first kappa shape index (κ1) is 11.9. The van der Waals surface area contributed by atoms with Gasteiger partial charge >= 0.3 is 0 Å². The van der Waals surface area contributed by atoms with Crippen molar-refractivity contribution in [1.29, 1.82) is 0 Å². The van der Waals surface area contributed by atoms with Gasteiger partial charge in [-0.3, -0.25) is 4.79 Å². The Kier molecular flexibility index (Phi) is 3.58. The topological polar surface area (TPSA) is 40.5 Å². The number of halogens is 1. The Labute approximate surface area is 94.3 Å². The van der Waals surface area contributed by atoms with E-state index < -0.39 is 0 Å². The lowest BCUT2D eigenvalue weighted by Crippen LogP contribution is -2.32. The third kappa shape index (κ3) is 2.63. The summed E-state index contributed by atoms with van der Waals surface area (Å²) in [7, 11) is 1.69. The van der Waals surface area contributed by atoms with Crippen molar-refractivity contribution < 1.29 is 9.90 Å². The fraction of sp³-hybridized carbons (Fsp3) is 0.364. The van der Waals surface area contributed by atoms with Crippen molar-refractivity contribution in [2.24, 2.45) is 0 Å². The molecule has 3 nitrogen and oxygen atoms in total. The fourth-order valence-corrected chi connectivity index (χ4v) is 1.28. The maximum absolute atomic E-state index is 11.9. The highest BCUT2D eigenvalue weighted by atomic mass is 35.5. The number of aromatic hydroxyl groups is 1. The molecule has 0 aliphatic heterocycles. The van der Waals surface area contributed by atoms with E-state index in [1.54, 1.807) is 18.0 Å². The van der Waals surface area contributed by atoms with Crippen LogP contribution >= 0.6 is 11.6 Å². The minimum Gasteiger partial charge on any atom is -0.507 e. The highest BCUT2D eigenvalue weighted by Crippen LogP contribution is 2.23. The minimum absolute atomic E-state index is 0.0445. The Morgan fingerprint density at radius 1 is 1.47 bits per heavy atom. The summed E-state index contributed by atoms with van der Waals surface area (Å²) in [5, 5.41) is 9.97. The van der Waals surface area contributed by atoms with E-state index in [0.29, 0.717) is 5.02 Å². The second-order valence-corrected chi connectivity index (χ2v) is 4.11. The largest absolute Gasteiger partial charge is 0.507 e. The number of nitrogens with zero attached hydrogens (tertiary/aromatic N) is 1. The van der Waals surface area contributed by atoms with Crippen LogP contribution in [0, 0.1) is 0 Å². The predicted octanol–water partition coefficient (Wildman–Crippen LogP) is 2.53. The average molecular weight is 228 g/mol. The Bertz CT molecular complexity index is 377. The van der Waals surface area contributed by atoms with E-state index in [-0.39, 0.29) is 23.3 Å². The number of amides is 1. The van der Waals surface area contributed by atoms with Crippen molar-refractivity contribution in [1.82, 2.24) is 4.90 Å². The van der Waals surface area contributed by atoms with Crippen LogP contribution in [0.1, 0.15) is 24.2 Å². The van der Waals surface area contributed by atoms with Crippen molar-refractivity contribution in [3.05, 3.63) is 28.8 Å². The number of hydrogen-bond donors (Lipinski definition) is 1. The van der Waals surface area contributed by atoms with Gasteiger partial charge in [-0.15, -0.1) is 0 Å². The Morgan fingerprint density at radius 3 is 2.60 bits per heavy atom. The fourth-order valence-electron chi connectivity index (χ4n) is 1.10. The van der Waals surface area contributed by atoms with Crippen LogP contribution in [0.3, 0.4) is 0 Å². The summed E-state index contributed by atoms with van der Waals surface area (Å²) < 4.78 is 0. The van der Waals surface area contributed by atoms with Crippen LogP contribution in [-0.4, -0.2) is 29.0 Å². The van der Waals surface area contributed by atoms with E-state index in [9.17, 15) is 9.90 Å². The lowest BCUT2D eigenvalue weighted by atomic mass is 10.1. The molecule has 1 rings (SSSR count). The molecule has 82 valence electrons. The number of benzene rings is 1. The van der Waals surface area contributed by atoms with Gasteiger partial charge < -0.3 is 10.0 Å². The molecule has 0 aliphatic carbocycles. The van der Waals surface area contributed by atoms with Gasteiger partial charge in [-0.05, 0) is 32.0 Å². The van der Waals surface area contributed by atoms with Gasteiger partial charge in [0.05, 0.1) is 5.56 Å². The molecule has 4 heteroatoms. The molecule has 0 bridgehead atoms. The number of hydrogen-bond acceptors (Lipinski definition) is 2. The maximum atomic E-state index is 11.9. The standard InChI is InChI=1S/C11H14ClNO2/c1-7(2)13(3)11(15)9-6-8(12)4-5-10(9)14/h4-7,14H,1-3H3. The zero-order valence-electron chi connectivity index (χ0n) is 8.99. The van der Waals surface area contributed by atoms with Gasteiger partial charge in [-0.25, -0.2) is 0 Å². The Balaban J connectivity index is 3.05. The number of carbonyl (C=O) groups excluding carboxylic acids is 1. The van der Waals surface area contributed by atoms with Crippen molar-refractivity contribution in [2.75, 3.05) is 7.05 Å². The molecule has 0 saturated heterocycles. The zero-order valence-corrected chi connectivity index (χ0v) is 9.75. The first-order chi connectivity index (χ1) is 6.93. The predicted molar refractivity (Wildman–Crippen MR) is 60.3 cm³/mol. The van der Waals surface area contributed by atoms with Crippen molar-refractivity contribution >= 4 is 17.5 Å². The van der Waals surface area contributed by atoms with Gasteiger partial charge in [0.2, 0.25) is 0 Å². The van der Waals surface area contributed by atoms with Crippen LogP contribution in [-0.2, 0) is 0 Å². The van der Waals surface area contributed by atoms with Gasteiger partial charge in [0.25, 0.3) is 5.91 Å². The molecular formula is C11H14ClNO2. The molecule has 0 atom stereocenters. The number of phenolic OH excluding ortho intramolecular Hbond substituents is 1. The van der Waals surface area contributed by atoms with Crippen LogP contribution in [0.2, 0.25) is 5.02 Å². The molecule has 1 aromatic carbocycles. The van der Waals surface area contributed by atoms with Crippen LogP contribution in [0.5, 0.6) is 5.75 Å². The molecule has 0 aromatic heterocycles. The maximum Gasteiger partial charge on any atom is 0.257 e. The lowest BCUT2D eigenvalue weighted by Gasteiger charge is -2.21. The molecule has 0 heterocycles. The normalized spacial score (nSPS) is 10.5. The summed E-state index contributed by atoms with van der Waals surface area (Å²) in [6.45, 7) is 3.80. The molecular weight excluding hydrogens is 214 g/mol. The van der Waals surface area contributed by atoms with E-state index in [2.05, 4.69) is 0 Å². The minimum atomic E-state index is -0.231. The van der Waals surface area contributed by atoms with Crippen LogP contribution < -0.4 is 0 Å². The van der Waals surface area contributed by atoms with E-state index >= 15 is 0 Å². The first-order valence-corrected chi connectivity index (χ1v) is 5.07. The monoisotopic (exact) mass is 227 g/mol. The summed E-state index contributed by atoms with van der Waals surface area (Å²) in [5.41, 5.74) is 0.235. The highest BCUT2D eigenvalue weighted by molar-refractivity contribution is 6.31. The SMILES string of the molecule is CC(C)N(C)C(=O)c1cc(Cl)ccc1O. The summed E-state index contributed by atoms with van der Waals surface area (Å²) in [5.74, 6) is -0.276. The van der Waals surface area contributed by atoms with Crippen LogP contribution in [0.25, 0.3) is 0 Å². The number of rotatable bonds is 2. The molecule has 0 saturated carbocycles. The summed E-state index contributed by atoms with van der Waals surface area (Å²) >= 11 is 5.76.